The van der Waals surface area contributed by atoms with Crippen molar-refractivity contribution in [3.05, 3.63) is 84.2 Å². The Morgan fingerprint density at radius 2 is 0.886 bits per heavy atom. The smallest absolute Gasteiger partial charge is 0.0219 e. The topological polar surface area (TPSA) is 3.24 Å². The van der Waals surface area contributed by atoms with Gasteiger partial charge in [-0.3, -0.25) is 0 Å². The van der Waals surface area contributed by atoms with Crippen molar-refractivity contribution in [2.24, 2.45) is 5.92 Å². The van der Waals surface area contributed by atoms with E-state index in [0.717, 1.165) is 12.5 Å². The van der Waals surface area contributed by atoms with E-state index in [9.17, 15) is 0 Å². The van der Waals surface area contributed by atoms with Crippen LogP contribution in [0.2, 0.25) is 0 Å². The zero-order valence-corrected chi connectivity index (χ0v) is 22.7. The fourth-order valence-corrected chi connectivity index (χ4v) is 4.48. The minimum atomic E-state index is 0.877. The summed E-state index contributed by atoms with van der Waals surface area (Å²) in [5.41, 5.74) is 2.49. The molecular weight excluding hydrogens is 422 g/mol. The van der Waals surface area contributed by atoms with Crippen LogP contribution >= 0.6 is 0 Å². The normalized spacial score (nSPS) is 11.7. The number of unbranched alkanes of at least 4 members (excludes halogenated alkanes) is 12. The fraction of sp³-hybridized carbons (Fsp3) is 0.529. The zero-order chi connectivity index (χ0) is 24.8. The van der Waals surface area contributed by atoms with E-state index >= 15 is 0 Å². The van der Waals surface area contributed by atoms with Crippen LogP contribution in [0.1, 0.15) is 115 Å². The van der Waals surface area contributed by atoms with Crippen LogP contribution in [0.5, 0.6) is 0 Å². The van der Waals surface area contributed by atoms with Gasteiger partial charge < -0.3 is 4.90 Å². The van der Waals surface area contributed by atoms with Gasteiger partial charge in [-0.1, -0.05) is 158 Å². The Kier molecular flexibility index (Phi) is 16.5. The molecule has 0 unspecified atom stereocenters. The van der Waals surface area contributed by atoms with Gasteiger partial charge in [-0.05, 0) is 35.6 Å². The Hall–Kier alpha value is -2.28. The number of benzene rings is 2. The second-order valence-electron chi connectivity index (χ2n) is 10.5. The second-order valence-corrected chi connectivity index (χ2v) is 10.5. The maximum Gasteiger partial charge on any atom is 0.0219 e. The van der Waals surface area contributed by atoms with Gasteiger partial charge >= 0.3 is 0 Å². The summed E-state index contributed by atoms with van der Waals surface area (Å²) >= 11 is 0. The third-order valence-corrected chi connectivity index (χ3v) is 6.71. The highest BCUT2D eigenvalue weighted by atomic mass is 15.1. The van der Waals surface area contributed by atoms with Crippen LogP contribution in [-0.4, -0.2) is 11.4 Å². The molecule has 0 N–H and O–H groups in total. The fourth-order valence-electron chi connectivity index (χ4n) is 4.48. The molecule has 0 amide bonds. The van der Waals surface area contributed by atoms with Gasteiger partial charge in [0.2, 0.25) is 0 Å². The molecule has 2 aromatic carbocycles. The Morgan fingerprint density at radius 3 is 1.29 bits per heavy atom. The number of hydrogen-bond donors (Lipinski definition) is 0. The molecule has 35 heavy (non-hydrogen) atoms. The molecular formula is C34H51N. The number of nitrogens with zero attached hydrogens (tertiary/aromatic N) is 1. The summed E-state index contributed by atoms with van der Waals surface area (Å²) in [6.07, 6.45) is 28.6. The van der Waals surface area contributed by atoms with E-state index in [0.29, 0.717) is 0 Å². The van der Waals surface area contributed by atoms with E-state index in [2.05, 4.69) is 104 Å². The lowest BCUT2D eigenvalue weighted by atomic mass is 10.0. The molecule has 0 saturated carbocycles. The average Bonchev–Trinajstić information content (AvgIpc) is 2.88. The molecule has 0 bridgehead atoms. The first-order valence-corrected chi connectivity index (χ1v) is 14.5. The quantitative estimate of drug-likeness (QED) is 0.173. The molecule has 0 heterocycles. The molecule has 0 fully saturated rings. The van der Waals surface area contributed by atoms with Gasteiger partial charge in [-0.15, -0.1) is 0 Å². The monoisotopic (exact) mass is 473 g/mol. The van der Waals surface area contributed by atoms with Gasteiger partial charge in [0.25, 0.3) is 0 Å². The van der Waals surface area contributed by atoms with Crippen LogP contribution in [0.4, 0.5) is 0 Å². The zero-order valence-electron chi connectivity index (χ0n) is 22.7. The van der Waals surface area contributed by atoms with Gasteiger partial charge in [0.1, 0.15) is 0 Å². The average molecular weight is 474 g/mol. The van der Waals surface area contributed by atoms with Crippen molar-refractivity contribution in [1.29, 1.82) is 0 Å². The molecule has 0 atom stereocenters. The molecule has 0 aliphatic carbocycles. The van der Waals surface area contributed by atoms with Crippen LogP contribution in [0.25, 0.3) is 12.2 Å². The maximum absolute atomic E-state index is 2.34. The van der Waals surface area contributed by atoms with E-state index in [1.807, 2.05) is 0 Å². The lowest BCUT2D eigenvalue weighted by Gasteiger charge is -2.15. The van der Waals surface area contributed by atoms with Crippen molar-refractivity contribution in [2.45, 2.75) is 104 Å². The van der Waals surface area contributed by atoms with Gasteiger partial charge in [-0.25, -0.2) is 0 Å². The number of hydrogen-bond acceptors (Lipinski definition) is 1. The molecule has 0 saturated heterocycles. The first kappa shape index (κ1) is 29.0. The van der Waals surface area contributed by atoms with Crippen LogP contribution < -0.4 is 0 Å². The summed E-state index contributed by atoms with van der Waals surface area (Å²) < 4.78 is 0. The summed E-state index contributed by atoms with van der Waals surface area (Å²) in [7, 11) is 0. The molecule has 0 aliphatic rings. The van der Waals surface area contributed by atoms with E-state index in [4.69, 9.17) is 0 Å². The molecule has 2 rings (SSSR count). The molecule has 0 aromatic heterocycles. The molecule has 0 aliphatic heterocycles. The first-order chi connectivity index (χ1) is 17.2. The van der Waals surface area contributed by atoms with Crippen LogP contribution in [0, 0.1) is 5.92 Å². The minimum absolute atomic E-state index is 0.877. The van der Waals surface area contributed by atoms with Crippen molar-refractivity contribution in [2.75, 3.05) is 6.54 Å². The lowest BCUT2D eigenvalue weighted by molar-refractivity contribution is 0.467. The lowest BCUT2D eigenvalue weighted by Crippen LogP contribution is -2.11. The SMILES string of the molecule is CC(C)CCCCCCCCCCCCCCCN(C=Cc1ccccc1)C=Cc1ccccc1. The van der Waals surface area contributed by atoms with Crippen molar-refractivity contribution in [3.63, 3.8) is 0 Å². The molecule has 2 aromatic rings. The van der Waals surface area contributed by atoms with E-state index < -0.39 is 0 Å². The Bertz CT molecular complexity index is 725. The highest BCUT2D eigenvalue weighted by Gasteiger charge is 1.98. The van der Waals surface area contributed by atoms with Crippen molar-refractivity contribution < 1.29 is 0 Å². The molecule has 0 spiro atoms. The van der Waals surface area contributed by atoms with E-state index in [1.54, 1.807) is 0 Å². The predicted octanol–water partition coefficient (Wildman–Crippen LogP) is 10.7. The van der Waals surface area contributed by atoms with Gasteiger partial charge in [0.15, 0.2) is 0 Å². The molecule has 1 heteroatoms. The summed E-state index contributed by atoms with van der Waals surface area (Å²) in [6, 6.07) is 21.1. The van der Waals surface area contributed by atoms with Crippen LogP contribution in [0.15, 0.2) is 73.1 Å². The van der Waals surface area contributed by atoms with Crippen LogP contribution in [-0.2, 0) is 0 Å². The maximum atomic E-state index is 2.34. The predicted molar refractivity (Wildman–Crippen MR) is 157 cm³/mol. The van der Waals surface area contributed by atoms with Gasteiger partial charge in [-0.2, -0.15) is 0 Å². The number of rotatable bonds is 20. The Labute approximate surface area is 217 Å². The summed E-state index contributed by atoms with van der Waals surface area (Å²) in [5.74, 6) is 0.877. The highest BCUT2D eigenvalue weighted by Crippen LogP contribution is 2.15. The van der Waals surface area contributed by atoms with E-state index in [-0.39, 0.29) is 0 Å². The van der Waals surface area contributed by atoms with E-state index in [1.165, 1.54) is 101 Å². The minimum Gasteiger partial charge on any atom is -0.354 e. The van der Waals surface area contributed by atoms with Crippen molar-refractivity contribution >= 4 is 12.2 Å². The van der Waals surface area contributed by atoms with Gasteiger partial charge in [0.05, 0.1) is 0 Å². The highest BCUT2D eigenvalue weighted by molar-refractivity contribution is 5.51. The van der Waals surface area contributed by atoms with Crippen LogP contribution in [0.3, 0.4) is 0 Å². The molecule has 0 radical (unpaired) electrons. The summed E-state index contributed by atoms with van der Waals surface area (Å²) in [5, 5.41) is 0. The molecule has 192 valence electrons. The molecule has 1 nitrogen and oxygen atoms in total. The van der Waals surface area contributed by atoms with Crippen molar-refractivity contribution in [1.82, 2.24) is 4.90 Å². The van der Waals surface area contributed by atoms with Crippen molar-refractivity contribution in [3.8, 4) is 0 Å². The third kappa shape index (κ3) is 16.1. The summed E-state index contributed by atoms with van der Waals surface area (Å²) in [6.45, 7) is 5.75. The van der Waals surface area contributed by atoms with Gasteiger partial charge in [0, 0.05) is 18.9 Å². The Morgan fingerprint density at radius 1 is 0.514 bits per heavy atom. The largest absolute Gasteiger partial charge is 0.354 e. The first-order valence-electron chi connectivity index (χ1n) is 14.5. The second kappa shape index (κ2) is 20.0. The standard InChI is InChI=1S/C34H51N/c1-32(2)22-16-12-10-8-6-4-3-5-7-9-11-13-21-29-35(30-27-33-23-17-14-18-24-33)31-28-34-25-19-15-20-26-34/h14-15,17-20,23-28,30-32H,3-13,16,21-22,29H2,1-2H3. The Balaban J connectivity index is 1.54. The third-order valence-electron chi connectivity index (χ3n) is 6.71. The summed E-state index contributed by atoms with van der Waals surface area (Å²) in [4.78, 5) is 2.34.